The molecule has 0 bridgehead atoms. The third-order valence-electron chi connectivity index (χ3n) is 4.11. The minimum Gasteiger partial charge on any atom is -0.370 e. The van der Waals surface area contributed by atoms with Gasteiger partial charge in [-0.05, 0) is 37.1 Å². The van der Waals surface area contributed by atoms with Crippen molar-refractivity contribution < 1.29 is 14.3 Å². The second-order valence-electron chi connectivity index (χ2n) is 5.72. The van der Waals surface area contributed by atoms with Gasteiger partial charge in [0.1, 0.15) is 6.61 Å². The molecule has 0 radical (unpaired) electrons. The molecule has 3 rings (SSSR count). The number of carbonyl (C=O) groups is 2. The van der Waals surface area contributed by atoms with E-state index >= 15 is 0 Å². The van der Waals surface area contributed by atoms with Gasteiger partial charge in [-0.3, -0.25) is 4.79 Å². The molecule has 2 aliphatic rings. The lowest BCUT2D eigenvalue weighted by Crippen LogP contribution is -2.41. The van der Waals surface area contributed by atoms with Gasteiger partial charge in [-0.25, -0.2) is 4.79 Å². The predicted molar refractivity (Wildman–Crippen MR) is 84.0 cm³/mol. The maximum atomic E-state index is 11.9. The van der Waals surface area contributed by atoms with Gasteiger partial charge in [-0.1, -0.05) is 12.8 Å². The largest absolute Gasteiger partial charge is 0.370 e. The van der Waals surface area contributed by atoms with E-state index in [1.165, 1.54) is 12.8 Å². The molecule has 1 saturated carbocycles. The van der Waals surface area contributed by atoms with Crippen molar-refractivity contribution in [3.8, 4) is 0 Å². The molecular formula is C16H21N3O3. The number of nitrogens with zero attached hydrogens (tertiary/aromatic N) is 1. The fourth-order valence-electron chi connectivity index (χ4n) is 2.94. The van der Waals surface area contributed by atoms with Gasteiger partial charge in [0.05, 0.1) is 6.61 Å². The minimum atomic E-state index is -0.165. The highest BCUT2D eigenvalue weighted by Crippen LogP contribution is 2.20. The molecule has 118 valence electrons. The molecule has 1 saturated heterocycles. The number of hydrogen-bond acceptors (Lipinski definition) is 3. The van der Waals surface area contributed by atoms with Crippen molar-refractivity contribution in [1.29, 1.82) is 0 Å². The van der Waals surface area contributed by atoms with Crippen LogP contribution < -0.4 is 15.5 Å². The monoisotopic (exact) mass is 303 g/mol. The summed E-state index contributed by atoms with van der Waals surface area (Å²) in [6.45, 7) is 1.24. The molecule has 0 atom stereocenters. The van der Waals surface area contributed by atoms with Crippen LogP contribution in [0.4, 0.5) is 16.2 Å². The zero-order valence-corrected chi connectivity index (χ0v) is 12.5. The lowest BCUT2D eigenvalue weighted by atomic mass is 10.2. The summed E-state index contributed by atoms with van der Waals surface area (Å²) in [7, 11) is 0. The lowest BCUT2D eigenvalue weighted by molar-refractivity contribution is -0.125. The highest BCUT2D eigenvalue weighted by atomic mass is 16.5. The zero-order valence-electron chi connectivity index (χ0n) is 12.5. The molecule has 1 heterocycles. The Hall–Kier alpha value is -2.08. The average molecular weight is 303 g/mol. The van der Waals surface area contributed by atoms with Crippen LogP contribution in [0.5, 0.6) is 0 Å². The first-order valence-corrected chi connectivity index (χ1v) is 7.78. The summed E-state index contributed by atoms with van der Waals surface area (Å²) >= 11 is 0. The van der Waals surface area contributed by atoms with Crippen LogP contribution >= 0.6 is 0 Å². The van der Waals surface area contributed by atoms with E-state index < -0.39 is 0 Å². The van der Waals surface area contributed by atoms with E-state index in [-0.39, 0.29) is 18.5 Å². The normalized spacial score (nSPS) is 19.3. The van der Waals surface area contributed by atoms with Crippen molar-refractivity contribution in [3.05, 3.63) is 24.3 Å². The Labute approximate surface area is 129 Å². The SMILES string of the molecule is O=C(Nc1ccc(N2CCOCC2=O)cc1)NC1CCCC1. The first-order valence-electron chi connectivity index (χ1n) is 7.78. The molecule has 6 nitrogen and oxygen atoms in total. The van der Waals surface area contributed by atoms with Crippen LogP contribution in [0.25, 0.3) is 0 Å². The van der Waals surface area contributed by atoms with Crippen LogP contribution in [0.15, 0.2) is 24.3 Å². The Kier molecular flexibility index (Phi) is 4.58. The molecule has 2 fully saturated rings. The van der Waals surface area contributed by atoms with Crippen molar-refractivity contribution in [2.24, 2.45) is 0 Å². The van der Waals surface area contributed by atoms with Gasteiger partial charge in [-0.2, -0.15) is 0 Å². The summed E-state index contributed by atoms with van der Waals surface area (Å²) in [5.74, 6) is -0.0362. The number of urea groups is 1. The maximum Gasteiger partial charge on any atom is 0.319 e. The number of ether oxygens (including phenoxy) is 1. The number of benzene rings is 1. The molecule has 0 spiro atoms. The number of morpholine rings is 1. The number of carbonyl (C=O) groups excluding carboxylic acids is 2. The Bertz CT molecular complexity index is 538. The summed E-state index contributed by atoms with van der Waals surface area (Å²) in [6.07, 6.45) is 4.50. The molecule has 6 heteroatoms. The molecule has 3 amide bonds. The van der Waals surface area contributed by atoms with Gasteiger partial charge >= 0.3 is 6.03 Å². The number of amides is 3. The van der Waals surface area contributed by atoms with E-state index in [9.17, 15) is 9.59 Å². The third-order valence-corrected chi connectivity index (χ3v) is 4.11. The van der Waals surface area contributed by atoms with Crippen LogP contribution in [-0.2, 0) is 9.53 Å². The smallest absolute Gasteiger partial charge is 0.319 e. The Morgan fingerprint density at radius 3 is 2.59 bits per heavy atom. The summed E-state index contributed by atoms with van der Waals surface area (Å²) in [5.41, 5.74) is 1.55. The fraction of sp³-hybridized carbons (Fsp3) is 0.500. The second kappa shape index (κ2) is 6.79. The molecule has 1 aliphatic heterocycles. The van der Waals surface area contributed by atoms with E-state index in [0.717, 1.165) is 24.2 Å². The van der Waals surface area contributed by atoms with Crippen LogP contribution in [0.3, 0.4) is 0 Å². The molecule has 1 aliphatic carbocycles. The average Bonchev–Trinajstić information content (AvgIpc) is 3.01. The fourth-order valence-corrected chi connectivity index (χ4v) is 2.94. The van der Waals surface area contributed by atoms with Gasteiger partial charge in [0.25, 0.3) is 5.91 Å². The van der Waals surface area contributed by atoms with Crippen molar-refractivity contribution in [1.82, 2.24) is 5.32 Å². The maximum absolute atomic E-state index is 11.9. The highest BCUT2D eigenvalue weighted by molar-refractivity contribution is 5.95. The molecule has 2 N–H and O–H groups in total. The van der Waals surface area contributed by atoms with Crippen LogP contribution in [0.2, 0.25) is 0 Å². The van der Waals surface area contributed by atoms with Gasteiger partial charge in [0.15, 0.2) is 0 Å². The molecule has 22 heavy (non-hydrogen) atoms. The van der Waals surface area contributed by atoms with Crippen molar-refractivity contribution in [2.45, 2.75) is 31.7 Å². The van der Waals surface area contributed by atoms with E-state index in [2.05, 4.69) is 10.6 Å². The minimum absolute atomic E-state index is 0.0362. The zero-order chi connectivity index (χ0) is 15.4. The topological polar surface area (TPSA) is 70.7 Å². The number of hydrogen-bond donors (Lipinski definition) is 2. The van der Waals surface area contributed by atoms with Crippen molar-refractivity contribution in [2.75, 3.05) is 30.0 Å². The third kappa shape index (κ3) is 3.57. The van der Waals surface area contributed by atoms with E-state index in [1.54, 1.807) is 4.90 Å². The summed E-state index contributed by atoms with van der Waals surface area (Å²) in [4.78, 5) is 25.4. The summed E-state index contributed by atoms with van der Waals surface area (Å²) in [5, 5.41) is 5.81. The number of rotatable bonds is 3. The molecule has 1 aromatic carbocycles. The lowest BCUT2D eigenvalue weighted by Gasteiger charge is -2.26. The van der Waals surface area contributed by atoms with Crippen molar-refractivity contribution >= 4 is 23.3 Å². The van der Waals surface area contributed by atoms with Crippen LogP contribution in [-0.4, -0.2) is 37.7 Å². The van der Waals surface area contributed by atoms with E-state index in [1.807, 2.05) is 24.3 Å². The molecule has 1 aromatic rings. The number of anilines is 2. The van der Waals surface area contributed by atoms with Gasteiger partial charge in [0, 0.05) is 24.0 Å². The predicted octanol–water partition coefficient (Wildman–Crippen LogP) is 2.11. The standard InChI is InChI=1S/C16H21N3O3/c20-15-11-22-10-9-19(15)14-7-5-13(6-8-14)18-16(21)17-12-3-1-2-4-12/h5-8,12H,1-4,9-11H2,(H2,17,18,21). The Morgan fingerprint density at radius 1 is 1.18 bits per heavy atom. The van der Waals surface area contributed by atoms with Crippen molar-refractivity contribution in [3.63, 3.8) is 0 Å². The second-order valence-corrected chi connectivity index (χ2v) is 5.72. The van der Waals surface area contributed by atoms with Crippen LogP contribution in [0, 0.1) is 0 Å². The molecular weight excluding hydrogens is 282 g/mol. The van der Waals surface area contributed by atoms with Crippen LogP contribution in [0.1, 0.15) is 25.7 Å². The summed E-state index contributed by atoms with van der Waals surface area (Å²) in [6, 6.07) is 7.44. The quantitative estimate of drug-likeness (QED) is 0.898. The molecule has 0 aromatic heterocycles. The van der Waals surface area contributed by atoms with Gasteiger partial charge in [0.2, 0.25) is 0 Å². The summed E-state index contributed by atoms with van der Waals surface area (Å²) < 4.78 is 5.12. The number of nitrogens with one attached hydrogen (secondary N) is 2. The Morgan fingerprint density at radius 2 is 1.91 bits per heavy atom. The molecule has 0 unspecified atom stereocenters. The first-order chi connectivity index (χ1) is 10.7. The highest BCUT2D eigenvalue weighted by Gasteiger charge is 2.20. The van der Waals surface area contributed by atoms with E-state index in [4.69, 9.17) is 4.74 Å². The Balaban J connectivity index is 1.56. The van der Waals surface area contributed by atoms with Gasteiger partial charge in [-0.15, -0.1) is 0 Å². The van der Waals surface area contributed by atoms with E-state index in [0.29, 0.717) is 19.2 Å². The van der Waals surface area contributed by atoms with Gasteiger partial charge < -0.3 is 20.3 Å². The first kappa shape index (κ1) is 14.8.